The molecule has 0 spiro atoms. The van der Waals surface area contributed by atoms with Crippen molar-refractivity contribution >= 4 is 21.8 Å². The summed E-state index contributed by atoms with van der Waals surface area (Å²) in [6.45, 7) is 7.71. The molecule has 0 aromatic rings. The van der Waals surface area contributed by atoms with E-state index < -0.39 is 0 Å². The van der Waals surface area contributed by atoms with Crippen LogP contribution in [0.25, 0.3) is 0 Å². The summed E-state index contributed by atoms with van der Waals surface area (Å²) in [6, 6.07) is 0.431. The number of hydrogen-bond acceptors (Lipinski definition) is 1. The lowest BCUT2D eigenvalue weighted by Crippen LogP contribution is -2.38. The van der Waals surface area contributed by atoms with Gasteiger partial charge in [-0.25, -0.2) is 0 Å². The van der Waals surface area contributed by atoms with Gasteiger partial charge in [0.1, 0.15) is 0 Å². The molecule has 1 saturated carbocycles. The van der Waals surface area contributed by atoms with Gasteiger partial charge in [-0.2, -0.15) is 0 Å². The molecule has 2 nitrogen and oxygen atoms in total. The Bertz CT molecular complexity index is 264. The zero-order valence-electron chi connectivity index (χ0n) is 9.09. The molecule has 1 aliphatic carbocycles. The highest BCUT2D eigenvalue weighted by Crippen LogP contribution is 2.55. The maximum Gasteiger partial charge on any atom is 0.236 e. The van der Waals surface area contributed by atoms with E-state index in [1.54, 1.807) is 0 Å². The second-order valence-corrected chi connectivity index (χ2v) is 6.43. The Kier molecular flexibility index (Phi) is 2.41. The van der Waals surface area contributed by atoms with Gasteiger partial charge < -0.3 is 4.90 Å². The minimum absolute atomic E-state index is 0.0758. The Morgan fingerprint density at radius 2 is 2.14 bits per heavy atom. The fourth-order valence-electron chi connectivity index (χ4n) is 2.62. The predicted molar refractivity (Wildman–Crippen MR) is 60.4 cm³/mol. The molecule has 1 amide bonds. The minimum Gasteiger partial charge on any atom is -0.339 e. The van der Waals surface area contributed by atoms with Gasteiger partial charge in [-0.05, 0) is 31.1 Å². The number of rotatable bonds is 2. The van der Waals surface area contributed by atoms with Gasteiger partial charge in [-0.1, -0.05) is 29.8 Å². The number of carbonyl (C=O) groups excluding carboxylic acids is 1. The summed E-state index contributed by atoms with van der Waals surface area (Å²) in [5.74, 6) is 1.00. The van der Waals surface area contributed by atoms with E-state index in [4.69, 9.17) is 0 Å². The number of carbonyl (C=O) groups is 1. The van der Waals surface area contributed by atoms with E-state index in [2.05, 4.69) is 41.6 Å². The van der Waals surface area contributed by atoms with Crippen LogP contribution in [0.2, 0.25) is 0 Å². The van der Waals surface area contributed by atoms with Gasteiger partial charge in [-0.3, -0.25) is 4.79 Å². The molecule has 2 rings (SSSR count). The Hall–Kier alpha value is -0.0500. The van der Waals surface area contributed by atoms with Crippen LogP contribution in [0.3, 0.4) is 0 Å². The molecule has 0 aromatic heterocycles. The number of nitrogens with zero attached hydrogens (tertiary/aromatic N) is 1. The number of likely N-dealkylation sites (tertiary alicyclic amines) is 1. The smallest absolute Gasteiger partial charge is 0.236 e. The number of halogens is 1. The molecular weight excluding hydrogens is 242 g/mol. The van der Waals surface area contributed by atoms with Crippen LogP contribution in [0.1, 0.15) is 33.6 Å². The number of amides is 1. The molecule has 3 atom stereocenters. The molecule has 1 saturated heterocycles. The van der Waals surface area contributed by atoms with Crippen LogP contribution < -0.4 is 0 Å². The van der Waals surface area contributed by atoms with Gasteiger partial charge in [0.25, 0.3) is 0 Å². The molecule has 0 bridgehead atoms. The van der Waals surface area contributed by atoms with Crippen molar-refractivity contribution in [1.29, 1.82) is 0 Å². The molecule has 0 radical (unpaired) electrons. The lowest BCUT2D eigenvalue weighted by molar-refractivity contribution is -0.129. The number of alkyl halides is 1. The van der Waals surface area contributed by atoms with Crippen molar-refractivity contribution in [2.75, 3.05) is 6.54 Å². The summed E-state index contributed by atoms with van der Waals surface area (Å²) in [5, 5.41) is 0. The van der Waals surface area contributed by atoms with Crippen molar-refractivity contribution in [3.05, 3.63) is 0 Å². The average molecular weight is 260 g/mol. The third-order valence-electron chi connectivity index (χ3n) is 3.84. The maximum atomic E-state index is 11.8. The van der Waals surface area contributed by atoms with Crippen molar-refractivity contribution in [1.82, 2.24) is 4.90 Å². The van der Waals surface area contributed by atoms with Crippen molar-refractivity contribution in [2.24, 2.45) is 11.3 Å². The SMILES string of the molecule is CC(C1CC1(C)C)N1CCC(Br)C1=O. The van der Waals surface area contributed by atoms with Crippen molar-refractivity contribution in [2.45, 2.75) is 44.5 Å². The molecule has 2 aliphatic rings. The minimum atomic E-state index is 0.0758. The van der Waals surface area contributed by atoms with E-state index in [9.17, 15) is 4.79 Å². The second kappa shape index (κ2) is 3.22. The predicted octanol–water partition coefficient (Wildman–Crippen LogP) is 2.42. The first-order valence-electron chi connectivity index (χ1n) is 5.38. The summed E-state index contributed by atoms with van der Waals surface area (Å²) >= 11 is 3.42. The average Bonchev–Trinajstić information content (AvgIpc) is 2.61. The van der Waals surface area contributed by atoms with Crippen LogP contribution in [0.5, 0.6) is 0 Å². The van der Waals surface area contributed by atoms with Crippen molar-refractivity contribution < 1.29 is 4.79 Å². The zero-order chi connectivity index (χ0) is 10.5. The fourth-order valence-corrected chi connectivity index (χ4v) is 3.09. The Morgan fingerprint density at radius 3 is 2.50 bits per heavy atom. The first-order chi connectivity index (χ1) is 6.43. The van der Waals surface area contributed by atoms with E-state index >= 15 is 0 Å². The standard InChI is InChI=1S/C11H18BrNO/c1-7(8-6-11(8,2)3)13-5-4-9(12)10(13)14/h7-9H,4-6H2,1-3H3. The summed E-state index contributed by atoms with van der Waals surface area (Å²) in [4.78, 5) is 13.9. The first kappa shape index (κ1) is 10.5. The van der Waals surface area contributed by atoms with Crippen LogP contribution >= 0.6 is 15.9 Å². The van der Waals surface area contributed by atoms with Crippen LogP contribution in [0.15, 0.2) is 0 Å². The van der Waals surface area contributed by atoms with Crippen molar-refractivity contribution in [3.8, 4) is 0 Å². The highest BCUT2D eigenvalue weighted by atomic mass is 79.9. The third-order valence-corrected chi connectivity index (χ3v) is 4.69. The van der Waals surface area contributed by atoms with E-state index in [1.165, 1.54) is 6.42 Å². The van der Waals surface area contributed by atoms with Gasteiger partial charge in [0, 0.05) is 12.6 Å². The highest BCUT2D eigenvalue weighted by molar-refractivity contribution is 9.10. The van der Waals surface area contributed by atoms with Gasteiger partial charge in [-0.15, -0.1) is 0 Å². The monoisotopic (exact) mass is 259 g/mol. The largest absolute Gasteiger partial charge is 0.339 e. The van der Waals surface area contributed by atoms with Gasteiger partial charge in [0.15, 0.2) is 0 Å². The zero-order valence-corrected chi connectivity index (χ0v) is 10.7. The lowest BCUT2D eigenvalue weighted by atomic mass is 10.0. The van der Waals surface area contributed by atoms with Crippen LogP contribution in [0, 0.1) is 11.3 Å². The first-order valence-corrected chi connectivity index (χ1v) is 6.29. The third kappa shape index (κ3) is 1.60. The quantitative estimate of drug-likeness (QED) is 0.698. The van der Waals surface area contributed by atoms with E-state index in [0.717, 1.165) is 13.0 Å². The normalized spacial score (nSPS) is 37.4. The highest BCUT2D eigenvalue weighted by Gasteiger charge is 2.51. The van der Waals surface area contributed by atoms with Gasteiger partial charge >= 0.3 is 0 Å². The molecule has 2 fully saturated rings. The maximum absolute atomic E-state index is 11.8. The van der Waals surface area contributed by atoms with Crippen molar-refractivity contribution in [3.63, 3.8) is 0 Å². The Labute approximate surface area is 94.2 Å². The molecule has 1 aliphatic heterocycles. The molecule has 1 heterocycles. The van der Waals surface area contributed by atoms with Crippen LogP contribution in [0.4, 0.5) is 0 Å². The second-order valence-electron chi connectivity index (χ2n) is 5.33. The molecule has 14 heavy (non-hydrogen) atoms. The molecule has 3 unspecified atom stereocenters. The van der Waals surface area contributed by atoms with Gasteiger partial charge in [0.2, 0.25) is 5.91 Å². The summed E-state index contributed by atoms with van der Waals surface area (Å²) in [7, 11) is 0. The van der Waals surface area contributed by atoms with E-state index in [-0.39, 0.29) is 4.83 Å². The fraction of sp³-hybridized carbons (Fsp3) is 0.909. The molecular formula is C11H18BrNO. The molecule has 0 N–H and O–H groups in total. The molecule has 3 heteroatoms. The summed E-state index contributed by atoms with van der Waals surface area (Å²) in [5.41, 5.74) is 0.462. The Balaban J connectivity index is 2.00. The van der Waals surface area contributed by atoms with Crippen LogP contribution in [-0.4, -0.2) is 28.2 Å². The summed E-state index contributed by atoms with van der Waals surface area (Å²) < 4.78 is 0. The van der Waals surface area contributed by atoms with Gasteiger partial charge in [0.05, 0.1) is 4.83 Å². The Morgan fingerprint density at radius 1 is 1.57 bits per heavy atom. The number of hydrogen-bond donors (Lipinski definition) is 0. The summed E-state index contributed by atoms with van der Waals surface area (Å²) in [6.07, 6.45) is 2.24. The van der Waals surface area contributed by atoms with Crippen LogP contribution in [-0.2, 0) is 4.79 Å². The van der Waals surface area contributed by atoms with E-state index in [1.807, 2.05) is 0 Å². The molecule has 80 valence electrons. The lowest BCUT2D eigenvalue weighted by Gasteiger charge is -2.25. The molecule has 0 aromatic carbocycles. The topological polar surface area (TPSA) is 20.3 Å². The van der Waals surface area contributed by atoms with E-state index in [0.29, 0.717) is 23.3 Å².